The van der Waals surface area contributed by atoms with Crippen molar-refractivity contribution in [2.45, 2.75) is 26.3 Å². The third-order valence-corrected chi connectivity index (χ3v) is 3.38. The molecule has 1 aromatic carbocycles. The zero-order valence-corrected chi connectivity index (χ0v) is 10.1. The summed E-state index contributed by atoms with van der Waals surface area (Å²) in [5.74, 6) is 0. The number of rotatable bonds is 1. The van der Waals surface area contributed by atoms with Gasteiger partial charge in [-0.3, -0.25) is 0 Å². The molecule has 0 aromatic heterocycles. The number of benzene rings is 1. The van der Waals surface area contributed by atoms with Crippen molar-refractivity contribution >= 4 is 5.69 Å². The third kappa shape index (κ3) is 1.86. The van der Waals surface area contributed by atoms with Crippen LogP contribution in [-0.4, -0.2) is 25.5 Å². The highest BCUT2D eigenvalue weighted by Gasteiger charge is 2.21. The summed E-state index contributed by atoms with van der Waals surface area (Å²) in [6.45, 7) is 5.45. The van der Waals surface area contributed by atoms with Gasteiger partial charge in [-0.15, -0.1) is 0 Å². The molecule has 1 aliphatic rings. The van der Waals surface area contributed by atoms with Gasteiger partial charge in [0, 0.05) is 18.3 Å². The van der Waals surface area contributed by atoms with E-state index in [1.165, 1.54) is 28.8 Å². The van der Waals surface area contributed by atoms with Crippen LogP contribution in [0.2, 0.25) is 0 Å². The summed E-state index contributed by atoms with van der Waals surface area (Å²) < 4.78 is 0. The molecule has 1 aliphatic heterocycles. The Hall–Kier alpha value is -1.02. The van der Waals surface area contributed by atoms with Crippen molar-refractivity contribution in [3.05, 3.63) is 28.8 Å². The molecular formula is C13H20N2. The molecule has 2 rings (SSSR count). The second-order valence-corrected chi connectivity index (χ2v) is 4.72. The normalized spacial score (nSPS) is 19.9. The van der Waals surface area contributed by atoms with Crippen molar-refractivity contribution in [3.8, 4) is 0 Å². The maximum Gasteiger partial charge on any atom is 0.0391 e. The van der Waals surface area contributed by atoms with Crippen LogP contribution >= 0.6 is 0 Å². The van der Waals surface area contributed by atoms with Crippen LogP contribution in [0.25, 0.3) is 0 Å². The van der Waals surface area contributed by atoms with Crippen LogP contribution in [0.3, 0.4) is 0 Å². The molecule has 2 heteroatoms. The van der Waals surface area contributed by atoms with E-state index in [1.807, 2.05) is 0 Å². The summed E-state index contributed by atoms with van der Waals surface area (Å²) in [4.78, 5) is 2.31. The van der Waals surface area contributed by atoms with Gasteiger partial charge < -0.3 is 10.2 Å². The summed E-state index contributed by atoms with van der Waals surface area (Å²) in [6.07, 6.45) is 1.20. The predicted molar refractivity (Wildman–Crippen MR) is 65.5 cm³/mol. The summed E-state index contributed by atoms with van der Waals surface area (Å²) in [5, 5.41) is 3.49. The first-order chi connectivity index (χ1) is 7.09. The summed E-state index contributed by atoms with van der Waals surface area (Å²) in [7, 11) is 4.32. The Morgan fingerprint density at radius 3 is 2.53 bits per heavy atom. The summed E-state index contributed by atoms with van der Waals surface area (Å²) >= 11 is 0. The van der Waals surface area contributed by atoms with Crippen LogP contribution in [-0.2, 0) is 0 Å². The van der Waals surface area contributed by atoms with Crippen LogP contribution in [0, 0.1) is 13.8 Å². The smallest absolute Gasteiger partial charge is 0.0391 e. The van der Waals surface area contributed by atoms with Gasteiger partial charge in [-0.2, -0.15) is 0 Å². The van der Waals surface area contributed by atoms with E-state index in [0.29, 0.717) is 6.04 Å². The fourth-order valence-corrected chi connectivity index (χ4v) is 2.30. The second kappa shape index (κ2) is 3.86. The molecule has 1 unspecified atom stereocenters. The maximum atomic E-state index is 3.49. The lowest BCUT2D eigenvalue weighted by Crippen LogP contribution is -2.27. The number of nitrogens with zero attached hydrogens (tertiary/aromatic N) is 1. The maximum absolute atomic E-state index is 3.49. The average Bonchev–Trinajstić information content (AvgIpc) is 2.18. The van der Waals surface area contributed by atoms with Crippen molar-refractivity contribution in [2.24, 2.45) is 0 Å². The Balaban J connectivity index is 2.47. The zero-order valence-electron chi connectivity index (χ0n) is 10.1. The van der Waals surface area contributed by atoms with Gasteiger partial charge in [0.05, 0.1) is 0 Å². The Bertz CT molecular complexity index is 369. The van der Waals surface area contributed by atoms with Gasteiger partial charge in [-0.1, -0.05) is 6.07 Å². The average molecular weight is 204 g/mol. The van der Waals surface area contributed by atoms with Gasteiger partial charge in [-0.25, -0.2) is 0 Å². The topological polar surface area (TPSA) is 15.3 Å². The van der Waals surface area contributed by atoms with Gasteiger partial charge in [-0.05, 0) is 57.1 Å². The second-order valence-electron chi connectivity index (χ2n) is 4.72. The highest BCUT2D eigenvalue weighted by Crippen LogP contribution is 2.34. The highest BCUT2D eigenvalue weighted by atomic mass is 15.1. The zero-order chi connectivity index (χ0) is 11.0. The van der Waals surface area contributed by atoms with E-state index in [1.54, 1.807) is 0 Å². The van der Waals surface area contributed by atoms with E-state index in [4.69, 9.17) is 0 Å². The van der Waals surface area contributed by atoms with Crippen molar-refractivity contribution in [1.29, 1.82) is 0 Å². The lowest BCUT2D eigenvalue weighted by Gasteiger charge is -2.32. The van der Waals surface area contributed by atoms with Gasteiger partial charge in [0.2, 0.25) is 0 Å². The number of hydrogen-bond acceptors (Lipinski definition) is 2. The molecule has 0 saturated heterocycles. The highest BCUT2D eigenvalue weighted by molar-refractivity contribution is 5.58. The fraction of sp³-hybridized carbons (Fsp3) is 0.538. The minimum absolute atomic E-state index is 0.570. The van der Waals surface area contributed by atoms with E-state index in [2.05, 4.69) is 50.3 Å². The molecule has 0 saturated carbocycles. The molecule has 0 amide bonds. The molecule has 15 heavy (non-hydrogen) atoms. The monoisotopic (exact) mass is 204 g/mol. The lowest BCUT2D eigenvalue weighted by atomic mass is 9.93. The third-order valence-electron chi connectivity index (χ3n) is 3.38. The molecule has 1 aromatic rings. The molecule has 0 aliphatic carbocycles. The van der Waals surface area contributed by atoms with Crippen LogP contribution < -0.4 is 5.32 Å². The lowest BCUT2D eigenvalue weighted by molar-refractivity contribution is 0.284. The van der Waals surface area contributed by atoms with Crippen LogP contribution in [0.5, 0.6) is 0 Å². The van der Waals surface area contributed by atoms with E-state index >= 15 is 0 Å². The van der Waals surface area contributed by atoms with Crippen LogP contribution in [0.15, 0.2) is 12.1 Å². The molecule has 82 valence electrons. The standard InChI is InChI=1S/C13H20N2/c1-9-7-11-12(8-10(9)2)14-6-5-13(11)15(3)4/h7-8,13-14H,5-6H2,1-4H3. The molecule has 1 N–H and O–H groups in total. The number of anilines is 1. The van der Waals surface area contributed by atoms with Crippen molar-refractivity contribution in [1.82, 2.24) is 4.90 Å². The van der Waals surface area contributed by atoms with Crippen molar-refractivity contribution in [3.63, 3.8) is 0 Å². The Labute approximate surface area is 92.3 Å². The van der Waals surface area contributed by atoms with Crippen molar-refractivity contribution < 1.29 is 0 Å². The molecule has 1 atom stereocenters. The minimum atomic E-state index is 0.570. The molecule has 0 radical (unpaired) electrons. The predicted octanol–water partition coefficient (Wildman–Crippen LogP) is 2.72. The van der Waals surface area contributed by atoms with Crippen LogP contribution in [0.4, 0.5) is 5.69 Å². The fourth-order valence-electron chi connectivity index (χ4n) is 2.30. The molecule has 0 spiro atoms. The number of aryl methyl sites for hydroxylation is 2. The molecule has 2 nitrogen and oxygen atoms in total. The first-order valence-electron chi connectivity index (χ1n) is 5.61. The van der Waals surface area contributed by atoms with Gasteiger partial charge in [0.15, 0.2) is 0 Å². The first kappa shape index (κ1) is 10.5. The van der Waals surface area contributed by atoms with E-state index in [-0.39, 0.29) is 0 Å². The van der Waals surface area contributed by atoms with Crippen LogP contribution in [0.1, 0.15) is 29.2 Å². The van der Waals surface area contributed by atoms with Gasteiger partial charge in [0.25, 0.3) is 0 Å². The van der Waals surface area contributed by atoms with Gasteiger partial charge in [0.1, 0.15) is 0 Å². The Morgan fingerprint density at radius 2 is 1.87 bits per heavy atom. The Morgan fingerprint density at radius 1 is 1.20 bits per heavy atom. The number of hydrogen-bond donors (Lipinski definition) is 1. The quantitative estimate of drug-likeness (QED) is 0.756. The van der Waals surface area contributed by atoms with E-state index in [9.17, 15) is 0 Å². The largest absolute Gasteiger partial charge is 0.385 e. The Kier molecular flexibility index (Phi) is 2.70. The van der Waals surface area contributed by atoms with Gasteiger partial charge >= 0.3 is 0 Å². The summed E-state index contributed by atoms with van der Waals surface area (Å²) in [6, 6.07) is 5.18. The summed E-state index contributed by atoms with van der Waals surface area (Å²) in [5.41, 5.74) is 5.54. The van der Waals surface area contributed by atoms with E-state index < -0.39 is 0 Å². The molecule has 1 heterocycles. The SMILES string of the molecule is Cc1cc2c(cc1C)C(N(C)C)CCN2. The first-order valence-corrected chi connectivity index (χ1v) is 5.61. The van der Waals surface area contributed by atoms with Crippen molar-refractivity contribution in [2.75, 3.05) is 26.0 Å². The molecule has 0 fully saturated rings. The number of fused-ring (bicyclic) bond motifs is 1. The number of nitrogens with one attached hydrogen (secondary N) is 1. The molecular weight excluding hydrogens is 184 g/mol. The van der Waals surface area contributed by atoms with E-state index in [0.717, 1.165) is 6.54 Å². The minimum Gasteiger partial charge on any atom is -0.385 e. The molecule has 0 bridgehead atoms.